The Bertz CT molecular complexity index is 1220. The van der Waals surface area contributed by atoms with Gasteiger partial charge in [0.25, 0.3) is 0 Å². The predicted molar refractivity (Wildman–Crippen MR) is 128 cm³/mol. The van der Waals surface area contributed by atoms with E-state index < -0.39 is 0 Å². The van der Waals surface area contributed by atoms with E-state index in [0.717, 1.165) is 34.4 Å². The lowest BCUT2D eigenvalue weighted by atomic mass is 10.1. The Kier molecular flexibility index (Phi) is 5.27. The van der Waals surface area contributed by atoms with Crippen molar-refractivity contribution in [2.24, 2.45) is 0 Å². The summed E-state index contributed by atoms with van der Waals surface area (Å²) in [6, 6.07) is 25.6. The summed E-state index contributed by atoms with van der Waals surface area (Å²) in [7, 11) is 0. The van der Waals surface area contributed by atoms with Crippen molar-refractivity contribution in [2.45, 2.75) is 23.4 Å². The molecule has 0 saturated heterocycles. The molecule has 0 saturated carbocycles. The number of aromatic nitrogens is 4. The van der Waals surface area contributed by atoms with E-state index >= 15 is 0 Å². The number of rotatable bonds is 6. The molecule has 0 amide bonds. The molecule has 30 heavy (non-hydrogen) atoms. The molecule has 0 radical (unpaired) electrons. The van der Waals surface area contributed by atoms with E-state index in [4.69, 9.17) is 9.97 Å². The zero-order valence-electron chi connectivity index (χ0n) is 16.9. The Balaban J connectivity index is 1.42. The Morgan fingerprint density at radius 3 is 1.40 bits per heavy atom. The summed E-state index contributed by atoms with van der Waals surface area (Å²) in [5, 5.41) is 2.10. The molecular formula is C24H22N4S2. The summed E-state index contributed by atoms with van der Waals surface area (Å²) in [6.45, 7) is 1.64. The fraction of sp³-hybridized carbons (Fsp3) is 0.167. The molecule has 0 fully saturated rings. The normalized spacial score (nSPS) is 11.5. The van der Waals surface area contributed by atoms with Gasteiger partial charge >= 0.3 is 0 Å². The molecule has 4 nitrogen and oxygen atoms in total. The average molecular weight is 431 g/mol. The maximum absolute atomic E-state index is 4.76. The number of hydrogen-bond donors (Lipinski definition) is 0. The van der Waals surface area contributed by atoms with Gasteiger partial charge in [-0.25, -0.2) is 9.97 Å². The number of imidazole rings is 2. The van der Waals surface area contributed by atoms with Crippen LogP contribution in [0.15, 0.2) is 83.1 Å². The highest BCUT2D eigenvalue weighted by Gasteiger charge is 2.12. The van der Waals surface area contributed by atoms with Crippen LogP contribution < -0.4 is 0 Å². The third-order valence-corrected chi connectivity index (χ3v) is 6.66. The van der Waals surface area contributed by atoms with Crippen LogP contribution in [0.2, 0.25) is 0 Å². The molecule has 0 aliphatic rings. The van der Waals surface area contributed by atoms with E-state index in [0.29, 0.717) is 0 Å². The van der Waals surface area contributed by atoms with Crippen LogP contribution in [0.5, 0.6) is 0 Å². The Morgan fingerprint density at radius 2 is 1.00 bits per heavy atom. The first-order valence-electron chi connectivity index (χ1n) is 9.83. The third kappa shape index (κ3) is 3.50. The van der Waals surface area contributed by atoms with Gasteiger partial charge in [0.2, 0.25) is 0 Å². The number of benzene rings is 3. The van der Waals surface area contributed by atoms with Gasteiger partial charge < -0.3 is 9.13 Å². The molecule has 2 heterocycles. The van der Waals surface area contributed by atoms with Crippen molar-refractivity contribution >= 4 is 45.6 Å². The lowest BCUT2D eigenvalue weighted by molar-refractivity contribution is 0.723. The van der Waals surface area contributed by atoms with Crippen molar-refractivity contribution in [2.75, 3.05) is 12.5 Å². The number of nitrogens with zero attached hydrogens (tertiary/aromatic N) is 4. The number of hydrogen-bond acceptors (Lipinski definition) is 4. The zero-order chi connectivity index (χ0) is 20.5. The van der Waals surface area contributed by atoms with Gasteiger partial charge in [-0.05, 0) is 47.9 Å². The van der Waals surface area contributed by atoms with Gasteiger partial charge in [0.15, 0.2) is 10.3 Å². The SMILES string of the molecule is CSc1nc2ccccc2n1Cc1ccc(Cn2c(SC)nc3ccccc32)cc1. The molecule has 0 aliphatic heterocycles. The topological polar surface area (TPSA) is 35.6 Å². The van der Waals surface area contributed by atoms with Gasteiger partial charge in [-0.1, -0.05) is 72.1 Å². The first-order valence-corrected chi connectivity index (χ1v) is 12.3. The van der Waals surface area contributed by atoms with Crippen molar-refractivity contribution < 1.29 is 0 Å². The minimum absolute atomic E-state index is 0.820. The van der Waals surface area contributed by atoms with Crippen molar-refractivity contribution in [1.29, 1.82) is 0 Å². The van der Waals surface area contributed by atoms with Crippen LogP contribution in [0, 0.1) is 0 Å². The van der Waals surface area contributed by atoms with Crippen LogP contribution in [0.4, 0.5) is 0 Å². The Morgan fingerprint density at radius 1 is 0.600 bits per heavy atom. The van der Waals surface area contributed by atoms with E-state index in [1.807, 2.05) is 12.1 Å². The summed E-state index contributed by atoms with van der Waals surface area (Å²) in [6.07, 6.45) is 4.17. The maximum Gasteiger partial charge on any atom is 0.169 e. The van der Waals surface area contributed by atoms with Crippen molar-refractivity contribution in [3.63, 3.8) is 0 Å². The summed E-state index contributed by atoms with van der Waals surface area (Å²) < 4.78 is 4.59. The highest BCUT2D eigenvalue weighted by molar-refractivity contribution is 7.98. The third-order valence-electron chi connectivity index (χ3n) is 5.31. The van der Waals surface area contributed by atoms with Crippen molar-refractivity contribution in [3.8, 4) is 0 Å². The molecule has 0 atom stereocenters. The molecule has 0 N–H and O–H groups in total. The monoisotopic (exact) mass is 430 g/mol. The number of fused-ring (bicyclic) bond motifs is 2. The largest absolute Gasteiger partial charge is 0.314 e. The first-order chi connectivity index (χ1) is 14.8. The summed E-state index contributed by atoms with van der Waals surface area (Å²) >= 11 is 3.38. The number of para-hydroxylation sites is 4. The first kappa shape index (κ1) is 19.3. The smallest absolute Gasteiger partial charge is 0.169 e. The van der Waals surface area contributed by atoms with Gasteiger partial charge in [-0.3, -0.25) is 0 Å². The highest BCUT2D eigenvalue weighted by Crippen LogP contribution is 2.25. The molecule has 0 bridgehead atoms. The van der Waals surface area contributed by atoms with Crippen molar-refractivity contribution in [1.82, 2.24) is 19.1 Å². The van der Waals surface area contributed by atoms with Crippen LogP contribution in [-0.2, 0) is 13.1 Å². The van der Waals surface area contributed by atoms with E-state index in [2.05, 4.69) is 82.3 Å². The fourth-order valence-corrected chi connectivity index (χ4v) is 4.99. The molecule has 0 spiro atoms. The molecule has 5 aromatic rings. The molecule has 3 aromatic carbocycles. The fourth-order valence-electron chi connectivity index (χ4n) is 3.84. The van der Waals surface area contributed by atoms with Crippen LogP contribution in [0.1, 0.15) is 11.1 Å². The minimum atomic E-state index is 0.820. The zero-order valence-corrected chi connectivity index (χ0v) is 18.6. The molecule has 2 aromatic heterocycles. The average Bonchev–Trinajstić information content (AvgIpc) is 3.33. The second kappa shape index (κ2) is 8.20. The standard InChI is InChI=1S/C24H22N4S2/c1-29-23-25-19-7-3-5-9-21(19)27(23)15-17-11-13-18(14-12-17)16-28-22-10-6-4-8-20(22)26-24(28)30-2/h3-14H,15-16H2,1-2H3. The molecule has 0 aliphatic carbocycles. The van der Waals surface area contributed by atoms with Gasteiger partial charge in [-0.15, -0.1) is 0 Å². The second-order valence-corrected chi connectivity index (χ2v) is 8.71. The number of thioether (sulfide) groups is 2. The van der Waals surface area contributed by atoms with Crippen LogP contribution in [0.25, 0.3) is 22.1 Å². The molecule has 0 unspecified atom stereocenters. The highest BCUT2D eigenvalue weighted by atomic mass is 32.2. The van der Waals surface area contributed by atoms with E-state index in [9.17, 15) is 0 Å². The van der Waals surface area contributed by atoms with Crippen LogP contribution >= 0.6 is 23.5 Å². The lowest BCUT2D eigenvalue weighted by Gasteiger charge is -2.11. The van der Waals surface area contributed by atoms with Gasteiger partial charge in [0.1, 0.15) is 0 Å². The van der Waals surface area contributed by atoms with E-state index in [1.165, 1.54) is 22.2 Å². The van der Waals surface area contributed by atoms with Crippen LogP contribution in [0.3, 0.4) is 0 Å². The van der Waals surface area contributed by atoms with Gasteiger partial charge in [0, 0.05) is 0 Å². The Hall–Kier alpha value is -2.70. The van der Waals surface area contributed by atoms with Crippen LogP contribution in [-0.4, -0.2) is 31.6 Å². The predicted octanol–water partition coefficient (Wildman–Crippen LogP) is 5.93. The van der Waals surface area contributed by atoms with E-state index in [1.54, 1.807) is 23.5 Å². The van der Waals surface area contributed by atoms with Gasteiger partial charge in [-0.2, -0.15) is 0 Å². The molecular weight excluding hydrogens is 408 g/mol. The summed E-state index contributed by atoms with van der Waals surface area (Å²) in [5.41, 5.74) is 7.02. The quantitative estimate of drug-likeness (QED) is 0.313. The molecule has 5 rings (SSSR count). The molecule has 150 valence electrons. The van der Waals surface area contributed by atoms with Crippen molar-refractivity contribution in [3.05, 3.63) is 83.9 Å². The second-order valence-electron chi connectivity index (χ2n) is 7.16. The lowest BCUT2D eigenvalue weighted by Crippen LogP contribution is -2.03. The molecule has 6 heteroatoms. The van der Waals surface area contributed by atoms with E-state index in [-0.39, 0.29) is 0 Å². The van der Waals surface area contributed by atoms with Gasteiger partial charge in [0.05, 0.1) is 35.2 Å². The summed E-state index contributed by atoms with van der Waals surface area (Å²) in [5.74, 6) is 0. The Labute approximate surface area is 184 Å². The summed E-state index contributed by atoms with van der Waals surface area (Å²) in [4.78, 5) is 9.51. The minimum Gasteiger partial charge on any atom is -0.314 e. The maximum atomic E-state index is 4.76.